The van der Waals surface area contributed by atoms with Gasteiger partial charge in [0.15, 0.2) is 0 Å². The van der Waals surface area contributed by atoms with E-state index in [4.69, 9.17) is 10.5 Å². The third kappa shape index (κ3) is 2.37. The first-order valence-corrected chi connectivity index (χ1v) is 7.20. The van der Waals surface area contributed by atoms with Crippen molar-refractivity contribution in [1.29, 1.82) is 0 Å². The Bertz CT molecular complexity index is 734. The molecule has 0 amide bonds. The van der Waals surface area contributed by atoms with Crippen molar-refractivity contribution >= 4 is 22.3 Å². The zero-order chi connectivity index (χ0) is 14.8. The predicted octanol–water partition coefficient (Wildman–Crippen LogP) is 3.34. The van der Waals surface area contributed by atoms with E-state index in [1.807, 2.05) is 18.2 Å². The van der Waals surface area contributed by atoms with Crippen LogP contribution in [0.15, 0.2) is 46.6 Å². The van der Waals surface area contributed by atoms with Crippen molar-refractivity contribution in [1.82, 2.24) is 0 Å². The molecule has 0 saturated carbocycles. The molecular weight excluding hydrogens is 262 g/mol. The Morgan fingerprint density at radius 1 is 1.19 bits per heavy atom. The van der Waals surface area contributed by atoms with Crippen LogP contribution in [0.4, 0.5) is 0 Å². The van der Waals surface area contributed by atoms with Crippen molar-refractivity contribution in [2.75, 3.05) is 7.11 Å². The molecule has 0 radical (unpaired) electrons. The number of methoxy groups -OCH3 is 1. The molecule has 3 rings (SSSR count). The third-order valence-electron chi connectivity index (χ3n) is 3.99. The Kier molecular flexibility index (Phi) is 3.60. The average Bonchev–Trinajstić information content (AvgIpc) is 2.53. The standard InChI is InChI=1S/C17H19N3O/c1-3-11-10-15(18)19-20-17(11)16-13-7-5-4-6-12(13)8-9-14(16)21-2/h4-9,11H,3,10H2,1-2H3,(H2,18,19). The molecular formula is C17H19N3O. The lowest BCUT2D eigenvalue weighted by molar-refractivity contribution is 0.414. The van der Waals surface area contributed by atoms with Crippen LogP contribution in [0.3, 0.4) is 0 Å². The number of benzene rings is 2. The lowest BCUT2D eigenvalue weighted by Crippen LogP contribution is -2.27. The van der Waals surface area contributed by atoms with Gasteiger partial charge in [0.1, 0.15) is 11.6 Å². The molecule has 1 atom stereocenters. The molecule has 2 aromatic carbocycles. The van der Waals surface area contributed by atoms with Crippen LogP contribution in [0.1, 0.15) is 25.3 Å². The molecule has 0 spiro atoms. The minimum absolute atomic E-state index is 0.280. The van der Waals surface area contributed by atoms with E-state index in [1.165, 1.54) is 5.39 Å². The Morgan fingerprint density at radius 2 is 2.00 bits per heavy atom. The number of fused-ring (bicyclic) bond motifs is 1. The molecule has 1 aliphatic rings. The van der Waals surface area contributed by atoms with Gasteiger partial charge in [0.05, 0.1) is 12.8 Å². The van der Waals surface area contributed by atoms with E-state index in [0.29, 0.717) is 5.84 Å². The lowest BCUT2D eigenvalue weighted by Gasteiger charge is -2.22. The van der Waals surface area contributed by atoms with Crippen LogP contribution >= 0.6 is 0 Å². The maximum absolute atomic E-state index is 5.84. The average molecular weight is 281 g/mol. The SMILES string of the molecule is CCC1CC(N)=NN=C1c1c(OC)ccc2ccccc12. The van der Waals surface area contributed by atoms with Crippen molar-refractivity contribution in [3.8, 4) is 5.75 Å². The van der Waals surface area contributed by atoms with Crippen LogP contribution in [0.2, 0.25) is 0 Å². The van der Waals surface area contributed by atoms with E-state index < -0.39 is 0 Å². The lowest BCUT2D eigenvalue weighted by atomic mass is 9.87. The number of hydrogen-bond donors (Lipinski definition) is 1. The van der Waals surface area contributed by atoms with Crippen molar-refractivity contribution in [3.05, 3.63) is 42.0 Å². The molecule has 0 fully saturated rings. The molecule has 1 unspecified atom stereocenters. The maximum Gasteiger partial charge on any atom is 0.128 e. The summed E-state index contributed by atoms with van der Waals surface area (Å²) < 4.78 is 5.57. The van der Waals surface area contributed by atoms with Gasteiger partial charge < -0.3 is 10.5 Å². The van der Waals surface area contributed by atoms with Crippen LogP contribution < -0.4 is 10.5 Å². The van der Waals surface area contributed by atoms with Crippen molar-refractivity contribution < 1.29 is 4.74 Å². The van der Waals surface area contributed by atoms with Gasteiger partial charge in [-0.15, -0.1) is 5.10 Å². The quantitative estimate of drug-likeness (QED) is 0.938. The summed E-state index contributed by atoms with van der Waals surface area (Å²) in [5, 5.41) is 10.8. The number of nitrogens with zero attached hydrogens (tertiary/aromatic N) is 2. The molecule has 0 aliphatic carbocycles. The van der Waals surface area contributed by atoms with Crippen LogP contribution in [0.5, 0.6) is 5.75 Å². The summed E-state index contributed by atoms with van der Waals surface area (Å²) >= 11 is 0. The molecule has 0 bridgehead atoms. The molecule has 2 aromatic rings. The first-order chi connectivity index (χ1) is 10.2. The summed E-state index contributed by atoms with van der Waals surface area (Å²) in [6.07, 6.45) is 1.73. The fraction of sp³-hybridized carbons (Fsp3) is 0.294. The molecule has 21 heavy (non-hydrogen) atoms. The summed E-state index contributed by atoms with van der Waals surface area (Å²) in [6.45, 7) is 2.15. The molecule has 0 aromatic heterocycles. The van der Waals surface area contributed by atoms with Gasteiger partial charge in [0.2, 0.25) is 0 Å². The Balaban J connectivity index is 2.27. The van der Waals surface area contributed by atoms with Crippen LogP contribution in [-0.4, -0.2) is 18.7 Å². The Hall–Kier alpha value is -2.36. The molecule has 1 aliphatic heterocycles. The van der Waals surface area contributed by atoms with Gasteiger partial charge >= 0.3 is 0 Å². The second-order valence-electron chi connectivity index (χ2n) is 5.25. The minimum Gasteiger partial charge on any atom is -0.496 e. The number of amidine groups is 1. The molecule has 4 nitrogen and oxygen atoms in total. The van der Waals surface area contributed by atoms with E-state index in [0.717, 1.165) is 35.3 Å². The van der Waals surface area contributed by atoms with Gasteiger partial charge in [-0.2, -0.15) is 5.10 Å². The highest BCUT2D eigenvalue weighted by atomic mass is 16.5. The van der Waals surface area contributed by atoms with Crippen molar-refractivity contribution in [3.63, 3.8) is 0 Å². The Labute approximate surface area is 124 Å². The van der Waals surface area contributed by atoms with E-state index in [2.05, 4.69) is 35.3 Å². The van der Waals surface area contributed by atoms with Crippen molar-refractivity contribution in [2.45, 2.75) is 19.8 Å². The van der Waals surface area contributed by atoms with E-state index in [-0.39, 0.29) is 5.92 Å². The van der Waals surface area contributed by atoms with Gasteiger partial charge in [0, 0.05) is 17.9 Å². The highest BCUT2D eigenvalue weighted by molar-refractivity contribution is 6.15. The smallest absolute Gasteiger partial charge is 0.128 e. The zero-order valence-corrected chi connectivity index (χ0v) is 12.3. The highest BCUT2D eigenvalue weighted by Crippen LogP contribution is 2.33. The fourth-order valence-electron chi connectivity index (χ4n) is 2.87. The Morgan fingerprint density at radius 3 is 2.76 bits per heavy atom. The monoisotopic (exact) mass is 281 g/mol. The van der Waals surface area contributed by atoms with E-state index in [9.17, 15) is 0 Å². The second-order valence-corrected chi connectivity index (χ2v) is 5.25. The third-order valence-corrected chi connectivity index (χ3v) is 3.99. The first kappa shape index (κ1) is 13.6. The van der Waals surface area contributed by atoms with Gasteiger partial charge in [0.25, 0.3) is 0 Å². The van der Waals surface area contributed by atoms with Gasteiger partial charge in [-0.1, -0.05) is 37.3 Å². The summed E-state index contributed by atoms with van der Waals surface area (Å²) in [5.41, 5.74) is 7.85. The van der Waals surface area contributed by atoms with Gasteiger partial charge in [-0.3, -0.25) is 0 Å². The largest absolute Gasteiger partial charge is 0.496 e. The van der Waals surface area contributed by atoms with E-state index in [1.54, 1.807) is 7.11 Å². The molecule has 4 heteroatoms. The molecule has 108 valence electrons. The molecule has 1 heterocycles. The summed E-state index contributed by atoms with van der Waals surface area (Å²) in [6, 6.07) is 12.3. The first-order valence-electron chi connectivity index (χ1n) is 7.20. The highest BCUT2D eigenvalue weighted by Gasteiger charge is 2.25. The summed E-state index contributed by atoms with van der Waals surface area (Å²) in [4.78, 5) is 0. The van der Waals surface area contributed by atoms with Gasteiger partial charge in [-0.25, -0.2) is 0 Å². The zero-order valence-electron chi connectivity index (χ0n) is 12.3. The topological polar surface area (TPSA) is 60.0 Å². The van der Waals surface area contributed by atoms with Crippen LogP contribution in [-0.2, 0) is 0 Å². The van der Waals surface area contributed by atoms with Crippen LogP contribution in [0.25, 0.3) is 10.8 Å². The summed E-state index contributed by atoms with van der Waals surface area (Å²) in [7, 11) is 1.69. The minimum atomic E-state index is 0.280. The number of rotatable bonds is 3. The summed E-state index contributed by atoms with van der Waals surface area (Å²) in [5.74, 6) is 1.72. The number of ether oxygens (including phenoxy) is 1. The molecule has 0 saturated heterocycles. The van der Waals surface area contributed by atoms with Crippen molar-refractivity contribution in [2.24, 2.45) is 21.9 Å². The fourth-order valence-corrected chi connectivity index (χ4v) is 2.87. The predicted molar refractivity (Wildman–Crippen MR) is 87.1 cm³/mol. The molecule has 2 N–H and O–H groups in total. The number of nitrogens with two attached hydrogens (primary N) is 1. The normalized spacial score (nSPS) is 18.3. The van der Waals surface area contributed by atoms with Gasteiger partial charge in [-0.05, 0) is 23.3 Å². The van der Waals surface area contributed by atoms with Crippen LogP contribution in [0, 0.1) is 5.92 Å². The number of hydrogen-bond acceptors (Lipinski definition) is 4. The maximum atomic E-state index is 5.84. The van der Waals surface area contributed by atoms with E-state index >= 15 is 0 Å². The second kappa shape index (κ2) is 5.56.